The Bertz CT molecular complexity index is 396. The molecular formula is C19H31NO. The molecule has 2 heteroatoms. The minimum absolute atomic E-state index is 0.0219. The third kappa shape index (κ3) is 8.34. The quantitative estimate of drug-likeness (QED) is 0.419. The number of ketones is 1. The van der Waals surface area contributed by atoms with Gasteiger partial charge in [0.05, 0.1) is 0 Å². The molecule has 0 spiro atoms. The van der Waals surface area contributed by atoms with Gasteiger partial charge in [0.15, 0.2) is 5.78 Å². The zero-order valence-corrected chi connectivity index (χ0v) is 14.0. The maximum atomic E-state index is 11.1. The van der Waals surface area contributed by atoms with Crippen LogP contribution in [0.4, 0.5) is 0 Å². The van der Waals surface area contributed by atoms with Crippen LogP contribution in [0, 0.1) is 0 Å². The topological polar surface area (TPSA) is 29.1 Å². The lowest BCUT2D eigenvalue weighted by atomic mass is 10.1. The van der Waals surface area contributed by atoms with Gasteiger partial charge in [-0.05, 0) is 25.3 Å². The molecule has 1 saturated carbocycles. The minimum Gasteiger partial charge on any atom is -0.382 e. The zero-order valence-electron chi connectivity index (χ0n) is 14.0. The Morgan fingerprint density at radius 3 is 1.90 bits per heavy atom. The van der Waals surface area contributed by atoms with Crippen LogP contribution in [-0.2, 0) is 4.79 Å². The van der Waals surface area contributed by atoms with Crippen molar-refractivity contribution in [2.45, 2.75) is 65.3 Å². The van der Waals surface area contributed by atoms with Gasteiger partial charge in [0.2, 0.25) is 0 Å². The van der Waals surface area contributed by atoms with Gasteiger partial charge < -0.3 is 5.32 Å². The van der Waals surface area contributed by atoms with Gasteiger partial charge >= 0.3 is 0 Å². The summed E-state index contributed by atoms with van der Waals surface area (Å²) in [5.41, 5.74) is 2.15. The van der Waals surface area contributed by atoms with Crippen LogP contribution >= 0.6 is 0 Å². The van der Waals surface area contributed by atoms with Crippen LogP contribution in [-0.4, -0.2) is 11.8 Å². The fourth-order valence-corrected chi connectivity index (χ4v) is 2.18. The van der Waals surface area contributed by atoms with E-state index in [-0.39, 0.29) is 5.78 Å². The predicted molar refractivity (Wildman–Crippen MR) is 93.2 cm³/mol. The van der Waals surface area contributed by atoms with Crippen LogP contribution in [0.1, 0.15) is 59.3 Å². The van der Waals surface area contributed by atoms with E-state index in [1.165, 1.54) is 45.4 Å². The summed E-state index contributed by atoms with van der Waals surface area (Å²) < 4.78 is 0. The lowest BCUT2D eigenvalue weighted by molar-refractivity contribution is -0.113. The van der Waals surface area contributed by atoms with Crippen molar-refractivity contribution in [3.63, 3.8) is 0 Å². The Balaban J connectivity index is 0.00000191. The first-order valence-corrected chi connectivity index (χ1v) is 8.03. The van der Waals surface area contributed by atoms with Crippen molar-refractivity contribution in [3.8, 4) is 0 Å². The summed E-state index contributed by atoms with van der Waals surface area (Å²) in [6.45, 7) is 17.2. The average Bonchev–Trinajstić information content (AvgIpc) is 2.74. The van der Waals surface area contributed by atoms with Crippen LogP contribution in [0.25, 0.3) is 0 Å². The summed E-state index contributed by atoms with van der Waals surface area (Å²) in [5, 5.41) is 3.45. The summed E-state index contributed by atoms with van der Waals surface area (Å²) in [6, 6.07) is 0.510. The third-order valence-electron chi connectivity index (χ3n) is 3.56. The van der Waals surface area contributed by atoms with Gasteiger partial charge in [-0.3, -0.25) is 4.79 Å². The van der Waals surface area contributed by atoms with E-state index in [9.17, 15) is 4.79 Å². The predicted octanol–water partition coefficient (Wildman–Crippen LogP) is 5.10. The fraction of sp³-hybridized carbons (Fsp3) is 0.526. The van der Waals surface area contributed by atoms with E-state index in [1.807, 2.05) is 13.8 Å². The second kappa shape index (κ2) is 11.1. The monoisotopic (exact) mass is 289 g/mol. The molecule has 0 amide bonds. The maximum Gasteiger partial charge on any atom is 0.159 e. The van der Waals surface area contributed by atoms with Crippen LogP contribution in [0.3, 0.4) is 0 Å². The molecule has 118 valence electrons. The molecule has 0 radical (unpaired) electrons. The van der Waals surface area contributed by atoms with Crippen molar-refractivity contribution in [1.29, 1.82) is 0 Å². The molecule has 0 aromatic carbocycles. The largest absolute Gasteiger partial charge is 0.382 e. The number of nitrogens with one attached hydrogen (secondary N) is 1. The molecule has 1 aliphatic rings. The second-order valence-corrected chi connectivity index (χ2v) is 5.25. The molecule has 0 aliphatic heterocycles. The summed E-state index contributed by atoms with van der Waals surface area (Å²) in [6.07, 6.45) is 11.2. The first-order valence-electron chi connectivity index (χ1n) is 8.03. The van der Waals surface area contributed by atoms with Crippen LogP contribution in [0.2, 0.25) is 0 Å². The smallest absolute Gasteiger partial charge is 0.159 e. The van der Waals surface area contributed by atoms with Gasteiger partial charge in [0.1, 0.15) is 0 Å². The molecule has 0 saturated heterocycles. The lowest BCUT2D eigenvalue weighted by Crippen LogP contribution is -2.27. The van der Waals surface area contributed by atoms with Crippen molar-refractivity contribution >= 4 is 5.78 Å². The van der Waals surface area contributed by atoms with E-state index in [1.54, 1.807) is 12.2 Å². The standard InChI is InChI=1S/C17H25NO.C2H6/c1-13(11-12-14(2)16(4)19)15(3)18-17-9-7-5-6-8-10-17;1-2/h11-12,17-18H,1-3,5-10H2,4H3;1-2H3/b12-11-;. The van der Waals surface area contributed by atoms with Crippen molar-refractivity contribution in [3.05, 3.63) is 48.7 Å². The van der Waals surface area contributed by atoms with Gasteiger partial charge in [-0.2, -0.15) is 0 Å². The molecule has 0 heterocycles. The number of hydrogen-bond donors (Lipinski definition) is 1. The highest BCUT2D eigenvalue weighted by atomic mass is 16.1. The van der Waals surface area contributed by atoms with Crippen LogP contribution in [0.15, 0.2) is 48.7 Å². The fourth-order valence-electron chi connectivity index (χ4n) is 2.18. The molecule has 2 nitrogen and oxygen atoms in total. The molecule has 21 heavy (non-hydrogen) atoms. The van der Waals surface area contributed by atoms with E-state index in [0.29, 0.717) is 11.6 Å². The average molecular weight is 289 g/mol. The minimum atomic E-state index is -0.0219. The zero-order chi connectivity index (χ0) is 16.3. The van der Waals surface area contributed by atoms with E-state index in [2.05, 4.69) is 25.1 Å². The first-order chi connectivity index (χ1) is 10.0. The van der Waals surface area contributed by atoms with Gasteiger partial charge in [-0.15, -0.1) is 0 Å². The van der Waals surface area contributed by atoms with Gasteiger partial charge in [0.25, 0.3) is 0 Å². The Morgan fingerprint density at radius 1 is 0.952 bits per heavy atom. The van der Waals surface area contributed by atoms with Crippen LogP contribution in [0.5, 0.6) is 0 Å². The summed E-state index contributed by atoms with van der Waals surface area (Å²) in [7, 11) is 0. The van der Waals surface area contributed by atoms with Crippen molar-refractivity contribution in [2.24, 2.45) is 0 Å². The lowest BCUT2D eigenvalue weighted by Gasteiger charge is -2.19. The summed E-state index contributed by atoms with van der Waals surface area (Å²) >= 11 is 0. The van der Waals surface area contributed by atoms with Gasteiger partial charge in [-0.1, -0.05) is 71.4 Å². The van der Waals surface area contributed by atoms with E-state index < -0.39 is 0 Å². The molecule has 0 bridgehead atoms. The molecule has 0 aromatic rings. The third-order valence-corrected chi connectivity index (χ3v) is 3.56. The molecular weight excluding hydrogens is 258 g/mol. The molecule has 0 aromatic heterocycles. The normalized spacial score (nSPS) is 15.6. The van der Waals surface area contributed by atoms with Crippen LogP contribution < -0.4 is 5.32 Å². The van der Waals surface area contributed by atoms with Crippen molar-refractivity contribution in [1.82, 2.24) is 5.32 Å². The number of hydrogen-bond acceptors (Lipinski definition) is 2. The molecule has 1 fully saturated rings. The Labute approximate surface area is 130 Å². The molecule has 1 aliphatic carbocycles. The van der Waals surface area contributed by atoms with E-state index >= 15 is 0 Å². The first kappa shape index (κ1) is 19.4. The Hall–Kier alpha value is -1.57. The van der Waals surface area contributed by atoms with Crippen molar-refractivity contribution in [2.75, 3.05) is 0 Å². The number of carbonyl (C=O) groups is 1. The number of carbonyl (C=O) groups excluding carboxylic acids is 1. The highest BCUT2D eigenvalue weighted by Crippen LogP contribution is 2.19. The second-order valence-electron chi connectivity index (χ2n) is 5.25. The molecule has 0 atom stereocenters. The number of allylic oxidation sites excluding steroid dienone is 3. The van der Waals surface area contributed by atoms with E-state index in [0.717, 1.165) is 11.3 Å². The molecule has 1 rings (SSSR count). The SMILES string of the molecule is C=C(/C=C\C(=C)C(C)=O)C(=C)NC1CCCCCC1.CC. The highest BCUT2D eigenvalue weighted by molar-refractivity contribution is 5.95. The maximum absolute atomic E-state index is 11.1. The number of Topliss-reactive ketones (excluding diaryl/α,β-unsaturated/α-hetero) is 1. The van der Waals surface area contributed by atoms with Gasteiger partial charge in [-0.25, -0.2) is 0 Å². The summed E-state index contributed by atoms with van der Waals surface area (Å²) in [5.74, 6) is -0.0219. The molecule has 0 unspecified atom stereocenters. The Morgan fingerprint density at radius 2 is 1.43 bits per heavy atom. The number of rotatable bonds is 6. The highest BCUT2D eigenvalue weighted by Gasteiger charge is 2.12. The van der Waals surface area contributed by atoms with Crippen molar-refractivity contribution < 1.29 is 4.79 Å². The summed E-state index contributed by atoms with van der Waals surface area (Å²) in [4.78, 5) is 11.1. The Kier molecular flexibility index (Phi) is 10.3. The van der Waals surface area contributed by atoms with E-state index in [4.69, 9.17) is 0 Å². The molecule has 1 N–H and O–H groups in total. The van der Waals surface area contributed by atoms with Gasteiger partial charge in [0, 0.05) is 17.3 Å².